The van der Waals surface area contributed by atoms with Crippen LogP contribution in [0.3, 0.4) is 0 Å². The first-order valence-electron chi connectivity index (χ1n) is 5.42. The number of benzene rings is 1. The maximum Gasteiger partial charge on any atom is 0.345 e. The second kappa shape index (κ2) is 5.86. The van der Waals surface area contributed by atoms with E-state index in [1.807, 2.05) is 12.3 Å². The van der Waals surface area contributed by atoms with Crippen molar-refractivity contribution in [2.75, 3.05) is 11.0 Å². The van der Waals surface area contributed by atoms with E-state index in [0.29, 0.717) is 5.69 Å². The standard InChI is InChI=1S/C12H11NO4S3/c1-18-9-4-2-3-8(7-9)13-20(16,17)11-6-5-10(19-11)12(14)15/h2-7,13H,1H3,(H,14,15). The van der Waals surface area contributed by atoms with Crippen LogP contribution in [0.2, 0.25) is 0 Å². The molecule has 2 aromatic rings. The number of hydrogen-bond acceptors (Lipinski definition) is 5. The predicted molar refractivity (Wildman–Crippen MR) is 80.3 cm³/mol. The molecule has 0 unspecified atom stereocenters. The Morgan fingerprint density at radius 1 is 1.30 bits per heavy atom. The number of rotatable bonds is 5. The van der Waals surface area contributed by atoms with Crippen molar-refractivity contribution in [3.05, 3.63) is 41.3 Å². The Hall–Kier alpha value is -1.51. The van der Waals surface area contributed by atoms with Gasteiger partial charge in [-0.05, 0) is 36.6 Å². The summed E-state index contributed by atoms with van der Waals surface area (Å²) >= 11 is 2.22. The highest BCUT2D eigenvalue weighted by Crippen LogP contribution is 2.25. The molecule has 20 heavy (non-hydrogen) atoms. The number of thioether (sulfide) groups is 1. The molecule has 0 spiro atoms. The van der Waals surface area contributed by atoms with E-state index in [4.69, 9.17) is 5.11 Å². The van der Waals surface area contributed by atoms with Crippen LogP contribution in [-0.2, 0) is 10.0 Å². The fourth-order valence-corrected chi connectivity index (χ4v) is 4.13. The van der Waals surface area contributed by atoms with E-state index in [0.717, 1.165) is 16.2 Å². The molecule has 106 valence electrons. The van der Waals surface area contributed by atoms with Crippen molar-refractivity contribution in [3.8, 4) is 0 Å². The average Bonchev–Trinajstić information content (AvgIpc) is 2.89. The number of carboxylic acids is 1. The molecule has 8 heteroatoms. The van der Waals surface area contributed by atoms with Gasteiger partial charge in [0.2, 0.25) is 0 Å². The van der Waals surface area contributed by atoms with E-state index < -0.39 is 16.0 Å². The van der Waals surface area contributed by atoms with Crippen molar-refractivity contribution in [2.45, 2.75) is 9.10 Å². The van der Waals surface area contributed by atoms with Gasteiger partial charge in [0.05, 0.1) is 0 Å². The summed E-state index contributed by atoms with van der Waals surface area (Å²) in [7, 11) is -3.76. The van der Waals surface area contributed by atoms with Gasteiger partial charge in [-0.15, -0.1) is 23.1 Å². The number of carbonyl (C=O) groups is 1. The minimum absolute atomic E-state index is 0.0109. The van der Waals surface area contributed by atoms with Crippen LogP contribution in [0.1, 0.15) is 9.67 Å². The van der Waals surface area contributed by atoms with Crippen molar-refractivity contribution < 1.29 is 18.3 Å². The second-order valence-electron chi connectivity index (χ2n) is 3.76. The van der Waals surface area contributed by atoms with Gasteiger partial charge in [0.25, 0.3) is 10.0 Å². The zero-order valence-corrected chi connectivity index (χ0v) is 12.8. The molecule has 0 saturated carbocycles. The summed E-state index contributed by atoms with van der Waals surface area (Å²) in [5.41, 5.74) is 0.446. The van der Waals surface area contributed by atoms with Gasteiger partial charge in [0, 0.05) is 10.6 Å². The molecule has 0 amide bonds. The number of anilines is 1. The molecule has 2 rings (SSSR count). The molecule has 1 heterocycles. The molecule has 0 aliphatic rings. The average molecular weight is 329 g/mol. The Bertz CT molecular complexity index is 737. The SMILES string of the molecule is CSc1cccc(NS(=O)(=O)c2ccc(C(=O)O)s2)c1. The Kier molecular flexibility index (Phi) is 4.36. The highest BCUT2D eigenvalue weighted by atomic mass is 32.2. The maximum absolute atomic E-state index is 12.1. The van der Waals surface area contributed by atoms with Crippen molar-refractivity contribution in [2.24, 2.45) is 0 Å². The van der Waals surface area contributed by atoms with E-state index in [1.165, 1.54) is 23.9 Å². The molecule has 0 aliphatic carbocycles. The van der Waals surface area contributed by atoms with Gasteiger partial charge in [-0.25, -0.2) is 13.2 Å². The van der Waals surface area contributed by atoms with Crippen LogP contribution < -0.4 is 4.72 Å². The summed E-state index contributed by atoms with van der Waals surface area (Å²) in [5.74, 6) is -1.14. The zero-order chi connectivity index (χ0) is 14.8. The lowest BCUT2D eigenvalue weighted by Crippen LogP contribution is -2.11. The van der Waals surface area contributed by atoms with Gasteiger partial charge in [-0.2, -0.15) is 0 Å². The van der Waals surface area contributed by atoms with Gasteiger partial charge in [-0.3, -0.25) is 4.72 Å². The largest absolute Gasteiger partial charge is 0.477 e. The van der Waals surface area contributed by atoms with E-state index >= 15 is 0 Å². The highest BCUT2D eigenvalue weighted by Gasteiger charge is 2.19. The van der Waals surface area contributed by atoms with Crippen LogP contribution in [0, 0.1) is 0 Å². The smallest absolute Gasteiger partial charge is 0.345 e. The molecule has 0 atom stereocenters. The zero-order valence-electron chi connectivity index (χ0n) is 10.4. The molecule has 1 aromatic heterocycles. The van der Waals surface area contributed by atoms with Crippen LogP contribution in [0.4, 0.5) is 5.69 Å². The molecular formula is C12H11NO4S3. The highest BCUT2D eigenvalue weighted by molar-refractivity contribution is 7.98. The van der Waals surface area contributed by atoms with Crippen LogP contribution in [0.25, 0.3) is 0 Å². The second-order valence-corrected chi connectivity index (χ2v) is 7.63. The summed E-state index contributed by atoms with van der Waals surface area (Å²) < 4.78 is 26.7. The van der Waals surface area contributed by atoms with Crippen LogP contribution >= 0.6 is 23.1 Å². The van der Waals surface area contributed by atoms with E-state index in [-0.39, 0.29) is 9.09 Å². The van der Waals surface area contributed by atoms with E-state index in [2.05, 4.69) is 4.72 Å². The van der Waals surface area contributed by atoms with Crippen molar-refractivity contribution in [1.82, 2.24) is 0 Å². The Balaban J connectivity index is 2.27. The molecule has 0 saturated heterocycles. The first-order valence-corrected chi connectivity index (χ1v) is 8.95. The lowest BCUT2D eigenvalue weighted by Gasteiger charge is -2.07. The number of sulfonamides is 1. The van der Waals surface area contributed by atoms with Crippen molar-refractivity contribution >= 4 is 44.8 Å². The third-order valence-corrected chi connectivity index (χ3v) is 6.05. The van der Waals surface area contributed by atoms with Crippen molar-refractivity contribution in [3.63, 3.8) is 0 Å². The summed E-state index contributed by atoms with van der Waals surface area (Å²) in [4.78, 5) is 11.7. The molecule has 5 nitrogen and oxygen atoms in total. The van der Waals surface area contributed by atoms with Gasteiger partial charge >= 0.3 is 5.97 Å². The maximum atomic E-state index is 12.1. The number of carboxylic acid groups (broad SMARTS) is 1. The van der Waals surface area contributed by atoms with E-state index in [1.54, 1.807) is 18.2 Å². The van der Waals surface area contributed by atoms with Gasteiger partial charge in [-0.1, -0.05) is 6.07 Å². The third kappa shape index (κ3) is 3.33. The summed E-state index contributed by atoms with van der Waals surface area (Å²) in [6, 6.07) is 9.54. The minimum atomic E-state index is -3.76. The Morgan fingerprint density at radius 2 is 2.05 bits per heavy atom. The van der Waals surface area contributed by atoms with Crippen LogP contribution in [0.15, 0.2) is 45.5 Å². The topological polar surface area (TPSA) is 83.5 Å². The fourth-order valence-electron chi connectivity index (χ4n) is 1.47. The molecular weight excluding hydrogens is 318 g/mol. The summed E-state index contributed by atoms with van der Waals surface area (Å²) in [5, 5.41) is 8.81. The first kappa shape index (κ1) is 14.9. The quantitative estimate of drug-likeness (QED) is 0.824. The van der Waals surface area contributed by atoms with Crippen LogP contribution in [-0.4, -0.2) is 25.7 Å². The molecule has 0 radical (unpaired) electrons. The lowest BCUT2D eigenvalue weighted by molar-refractivity contribution is 0.0702. The summed E-state index contributed by atoms with van der Waals surface area (Å²) in [6.07, 6.45) is 1.89. The molecule has 0 aliphatic heterocycles. The Morgan fingerprint density at radius 3 is 2.65 bits per heavy atom. The van der Waals surface area contributed by atoms with Gasteiger partial charge in [0.15, 0.2) is 0 Å². The van der Waals surface area contributed by atoms with Crippen LogP contribution in [0.5, 0.6) is 0 Å². The Labute approximate surface area is 124 Å². The molecule has 0 fully saturated rings. The van der Waals surface area contributed by atoms with E-state index in [9.17, 15) is 13.2 Å². The minimum Gasteiger partial charge on any atom is -0.477 e. The molecule has 1 aromatic carbocycles. The summed E-state index contributed by atoms with van der Waals surface area (Å²) in [6.45, 7) is 0. The number of aromatic carboxylic acids is 1. The number of hydrogen-bond donors (Lipinski definition) is 2. The third-order valence-electron chi connectivity index (χ3n) is 2.38. The molecule has 0 bridgehead atoms. The monoisotopic (exact) mass is 329 g/mol. The number of nitrogens with one attached hydrogen (secondary N) is 1. The number of thiophene rings is 1. The van der Waals surface area contributed by atoms with Gasteiger partial charge in [0.1, 0.15) is 9.09 Å². The normalized spacial score (nSPS) is 11.2. The lowest BCUT2D eigenvalue weighted by atomic mass is 10.3. The fraction of sp³-hybridized carbons (Fsp3) is 0.0833. The van der Waals surface area contributed by atoms with Crippen molar-refractivity contribution in [1.29, 1.82) is 0 Å². The molecule has 2 N–H and O–H groups in total. The van der Waals surface area contributed by atoms with Gasteiger partial charge < -0.3 is 5.11 Å². The first-order chi connectivity index (χ1) is 9.42. The predicted octanol–water partition coefficient (Wildman–Crippen LogP) is 2.97.